The maximum absolute atomic E-state index is 12.4. The van der Waals surface area contributed by atoms with E-state index >= 15 is 0 Å². The molecule has 1 aliphatic rings. The SMILES string of the molecule is O=C(Nc1ccccc1)O[C@@H]1CCC[C@@H](NS(=O)(=O)c2ccccc2)C1. The first-order valence-corrected chi connectivity index (χ1v) is 10.1. The number of ether oxygens (including phenoxy) is 1. The van der Waals surface area contributed by atoms with E-state index in [1.807, 2.05) is 18.2 Å². The summed E-state index contributed by atoms with van der Waals surface area (Å²) in [5, 5.41) is 2.68. The molecule has 0 saturated heterocycles. The summed E-state index contributed by atoms with van der Waals surface area (Å²) in [7, 11) is -3.57. The Morgan fingerprint density at radius 1 is 0.962 bits per heavy atom. The summed E-state index contributed by atoms with van der Waals surface area (Å²) >= 11 is 0. The number of nitrogens with one attached hydrogen (secondary N) is 2. The maximum atomic E-state index is 12.4. The second-order valence-electron chi connectivity index (χ2n) is 6.32. The molecule has 1 fully saturated rings. The van der Waals surface area contributed by atoms with Crippen molar-refractivity contribution in [3.05, 3.63) is 60.7 Å². The van der Waals surface area contributed by atoms with Gasteiger partial charge in [0.05, 0.1) is 4.90 Å². The molecule has 0 unspecified atom stereocenters. The van der Waals surface area contributed by atoms with Gasteiger partial charge >= 0.3 is 6.09 Å². The second kappa shape index (κ2) is 8.33. The molecular formula is C19H22N2O4S. The molecule has 3 rings (SSSR count). The summed E-state index contributed by atoms with van der Waals surface area (Å²) in [4.78, 5) is 12.3. The molecular weight excluding hydrogens is 352 g/mol. The number of sulfonamides is 1. The number of amides is 1. The normalized spacial score (nSPS) is 20.3. The average Bonchev–Trinajstić information content (AvgIpc) is 2.63. The van der Waals surface area contributed by atoms with Gasteiger partial charge in [-0.05, 0) is 43.5 Å². The molecule has 2 aromatic carbocycles. The molecule has 7 heteroatoms. The zero-order valence-corrected chi connectivity index (χ0v) is 15.1. The quantitative estimate of drug-likeness (QED) is 0.838. The predicted octanol–water partition coefficient (Wildman–Crippen LogP) is 3.52. The van der Waals surface area contributed by atoms with Gasteiger partial charge in [0, 0.05) is 18.2 Å². The highest BCUT2D eigenvalue weighted by molar-refractivity contribution is 7.89. The summed E-state index contributed by atoms with van der Waals surface area (Å²) in [6.07, 6.45) is 1.89. The maximum Gasteiger partial charge on any atom is 0.411 e. The van der Waals surface area contributed by atoms with E-state index in [9.17, 15) is 13.2 Å². The Morgan fingerprint density at radius 3 is 2.31 bits per heavy atom. The van der Waals surface area contributed by atoms with Gasteiger partial charge in [-0.25, -0.2) is 17.9 Å². The minimum absolute atomic E-state index is 0.241. The zero-order valence-electron chi connectivity index (χ0n) is 14.3. The van der Waals surface area contributed by atoms with Gasteiger partial charge in [0.15, 0.2) is 0 Å². The van der Waals surface area contributed by atoms with Crippen LogP contribution in [0.1, 0.15) is 25.7 Å². The number of rotatable bonds is 5. The molecule has 0 heterocycles. The molecule has 0 bridgehead atoms. The van der Waals surface area contributed by atoms with Crippen LogP contribution >= 0.6 is 0 Å². The number of anilines is 1. The van der Waals surface area contributed by atoms with E-state index in [1.165, 1.54) is 0 Å². The van der Waals surface area contributed by atoms with Crippen LogP contribution in [-0.4, -0.2) is 26.7 Å². The van der Waals surface area contributed by atoms with Crippen molar-refractivity contribution in [3.8, 4) is 0 Å². The third-order valence-electron chi connectivity index (χ3n) is 4.30. The minimum atomic E-state index is -3.57. The summed E-state index contributed by atoms with van der Waals surface area (Å²) < 4.78 is 33.1. The zero-order chi connectivity index (χ0) is 18.4. The summed E-state index contributed by atoms with van der Waals surface area (Å²) in [5.41, 5.74) is 0.662. The predicted molar refractivity (Wildman–Crippen MR) is 99.4 cm³/mol. The number of carbonyl (C=O) groups excluding carboxylic acids is 1. The van der Waals surface area contributed by atoms with Crippen molar-refractivity contribution in [1.29, 1.82) is 0 Å². The van der Waals surface area contributed by atoms with E-state index in [0.29, 0.717) is 12.1 Å². The van der Waals surface area contributed by atoms with Crippen LogP contribution in [0.3, 0.4) is 0 Å². The largest absolute Gasteiger partial charge is 0.446 e. The number of carbonyl (C=O) groups is 1. The van der Waals surface area contributed by atoms with Crippen LogP contribution in [0.2, 0.25) is 0 Å². The van der Waals surface area contributed by atoms with Gasteiger partial charge in [-0.2, -0.15) is 0 Å². The van der Waals surface area contributed by atoms with Gasteiger partial charge < -0.3 is 4.74 Å². The molecule has 1 amide bonds. The first-order valence-electron chi connectivity index (χ1n) is 8.63. The lowest BCUT2D eigenvalue weighted by molar-refractivity contribution is 0.0793. The van der Waals surface area contributed by atoms with Crippen LogP contribution in [0.15, 0.2) is 65.6 Å². The average molecular weight is 374 g/mol. The molecule has 2 aromatic rings. The van der Waals surface area contributed by atoms with Crippen LogP contribution in [0, 0.1) is 0 Å². The van der Waals surface area contributed by atoms with Gasteiger partial charge in [-0.3, -0.25) is 5.32 Å². The van der Waals surface area contributed by atoms with Crippen molar-refractivity contribution in [2.45, 2.75) is 42.7 Å². The number of benzene rings is 2. The van der Waals surface area contributed by atoms with E-state index < -0.39 is 16.1 Å². The number of para-hydroxylation sites is 1. The lowest BCUT2D eigenvalue weighted by Crippen LogP contribution is -2.41. The molecule has 2 N–H and O–H groups in total. The smallest absolute Gasteiger partial charge is 0.411 e. The van der Waals surface area contributed by atoms with E-state index in [1.54, 1.807) is 42.5 Å². The molecule has 2 atom stereocenters. The van der Waals surface area contributed by atoms with Crippen molar-refractivity contribution in [3.63, 3.8) is 0 Å². The van der Waals surface area contributed by atoms with E-state index in [2.05, 4.69) is 10.0 Å². The van der Waals surface area contributed by atoms with Crippen molar-refractivity contribution in [1.82, 2.24) is 4.72 Å². The summed E-state index contributed by atoms with van der Waals surface area (Å²) in [5.74, 6) is 0. The Labute approximate surface area is 153 Å². The minimum Gasteiger partial charge on any atom is -0.446 e. The third-order valence-corrected chi connectivity index (χ3v) is 5.83. The fourth-order valence-electron chi connectivity index (χ4n) is 3.07. The summed E-state index contributed by atoms with van der Waals surface area (Å²) in [6.45, 7) is 0. The highest BCUT2D eigenvalue weighted by Gasteiger charge is 2.28. The van der Waals surface area contributed by atoms with Crippen molar-refractivity contribution in [2.24, 2.45) is 0 Å². The van der Waals surface area contributed by atoms with Crippen LogP contribution in [-0.2, 0) is 14.8 Å². The first kappa shape index (κ1) is 18.4. The fourth-order valence-corrected chi connectivity index (χ4v) is 4.37. The van der Waals surface area contributed by atoms with E-state index in [4.69, 9.17) is 4.74 Å². The Balaban J connectivity index is 1.55. The van der Waals surface area contributed by atoms with E-state index in [-0.39, 0.29) is 17.0 Å². The van der Waals surface area contributed by atoms with Crippen molar-refractivity contribution >= 4 is 21.8 Å². The molecule has 1 saturated carbocycles. The Hall–Kier alpha value is -2.38. The lowest BCUT2D eigenvalue weighted by Gasteiger charge is -2.29. The van der Waals surface area contributed by atoms with Gasteiger partial charge in [-0.1, -0.05) is 36.4 Å². The molecule has 6 nitrogen and oxygen atoms in total. The first-order chi connectivity index (χ1) is 12.5. The highest BCUT2D eigenvalue weighted by atomic mass is 32.2. The number of hydrogen-bond acceptors (Lipinski definition) is 4. The molecule has 0 radical (unpaired) electrons. The molecule has 26 heavy (non-hydrogen) atoms. The Kier molecular flexibility index (Phi) is 5.90. The third kappa shape index (κ3) is 5.06. The van der Waals surface area contributed by atoms with Crippen LogP contribution in [0.4, 0.5) is 10.5 Å². The fraction of sp³-hybridized carbons (Fsp3) is 0.316. The van der Waals surface area contributed by atoms with Gasteiger partial charge in [0.1, 0.15) is 6.10 Å². The molecule has 0 aliphatic heterocycles. The Morgan fingerprint density at radius 2 is 1.62 bits per heavy atom. The van der Waals surface area contributed by atoms with E-state index in [0.717, 1.165) is 19.3 Å². The monoisotopic (exact) mass is 374 g/mol. The van der Waals surface area contributed by atoms with Gasteiger partial charge in [-0.15, -0.1) is 0 Å². The van der Waals surface area contributed by atoms with Crippen LogP contribution < -0.4 is 10.0 Å². The van der Waals surface area contributed by atoms with Crippen molar-refractivity contribution < 1.29 is 17.9 Å². The molecule has 138 valence electrons. The standard InChI is InChI=1S/C19H22N2O4S/c22-19(20-15-8-3-1-4-9-15)25-17-11-7-10-16(14-17)21-26(23,24)18-12-5-2-6-13-18/h1-6,8-9,12-13,16-17,21H,7,10-11,14H2,(H,20,22)/t16-,17-/m1/s1. The van der Waals surface area contributed by atoms with Gasteiger partial charge in [0.25, 0.3) is 0 Å². The molecule has 0 spiro atoms. The van der Waals surface area contributed by atoms with Crippen molar-refractivity contribution in [2.75, 3.05) is 5.32 Å². The lowest BCUT2D eigenvalue weighted by atomic mass is 9.94. The number of hydrogen-bond donors (Lipinski definition) is 2. The van der Waals surface area contributed by atoms with Crippen LogP contribution in [0.5, 0.6) is 0 Å². The van der Waals surface area contributed by atoms with Gasteiger partial charge in [0.2, 0.25) is 10.0 Å². The Bertz CT molecular complexity index is 825. The summed E-state index contributed by atoms with van der Waals surface area (Å²) in [6, 6.07) is 17.1. The second-order valence-corrected chi connectivity index (χ2v) is 8.03. The highest BCUT2D eigenvalue weighted by Crippen LogP contribution is 2.23. The molecule has 1 aliphatic carbocycles. The molecule has 0 aromatic heterocycles. The van der Waals surface area contributed by atoms with Crippen LogP contribution in [0.25, 0.3) is 0 Å². The topological polar surface area (TPSA) is 84.5 Å².